The van der Waals surface area contributed by atoms with Crippen molar-refractivity contribution in [1.82, 2.24) is 9.55 Å². The van der Waals surface area contributed by atoms with Crippen LogP contribution in [-0.4, -0.2) is 15.5 Å². The number of carbonyl (C=O) groups is 1. The molecule has 0 fully saturated rings. The van der Waals surface area contributed by atoms with E-state index in [9.17, 15) is 4.79 Å². The van der Waals surface area contributed by atoms with Crippen LogP contribution in [0.25, 0.3) is 10.9 Å². The summed E-state index contributed by atoms with van der Waals surface area (Å²) >= 11 is 0. The first kappa shape index (κ1) is 14.6. The van der Waals surface area contributed by atoms with Gasteiger partial charge in [0.15, 0.2) is 0 Å². The van der Waals surface area contributed by atoms with Crippen molar-refractivity contribution in [2.75, 3.05) is 0 Å². The van der Waals surface area contributed by atoms with Crippen molar-refractivity contribution in [2.24, 2.45) is 5.73 Å². The van der Waals surface area contributed by atoms with Gasteiger partial charge in [-0.05, 0) is 25.0 Å². The van der Waals surface area contributed by atoms with Crippen LogP contribution in [0, 0.1) is 0 Å². The Bertz CT molecular complexity index is 588. The maximum absolute atomic E-state index is 11.7. The highest BCUT2D eigenvalue weighted by Gasteiger charge is 2.19. The normalized spacial score (nSPS) is 12.7. The van der Waals surface area contributed by atoms with E-state index in [1.807, 2.05) is 18.3 Å². The Hall–Kier alpha value is -1.84. The van der Waals surface area contributed by atoms with Crippen LogP contribution in [0.3, 0.4) is 0 Å². The van der Waals surface area contributed by atoms with Gasteiger partial charge in [-0.15, -0.1) is 0 Å². The number of carbonyl (C=O) groups excluding carboxylic acids is 1. The Kier molecular flexibility index (Phi) is 4.77. The Morgan fingerprint density at radius 3 is 2.85 bits per heavy atom. The van der Waals surface area contributed by atoms with E-state index in [1.165, 1.54) is 19.3 Å². The fourth-order valence-corrected chi connectivity index (χ4v) is 2.80. The van der Waals surface area contributed by atoms with E-state index in [1.54, 1.807) is 6.20 Å². The first-order valence-electron chi connectivity index (χ1n) is 7.43. The lowest BCUT2D eigenvalue weighted by Gasteiger charge is -2.20. The molecule has 2 N–H and O–H groups in total. The van der Waals surface area contributed by atoms with Crippen LogP contribution in [0.5, 0.6) is 0 Å². The fourth-order valence-electron chi connectivity index (χ4n) is 2.80. The number of amides is 1. The number of hydrogen-bond donors (Lipinski definition) is 1. The Balaban J connectivity index is 2.43. The first-order valence-corrected chi connectivity index (χ1v) is 7.43. The Morgan fingerprint density at radius 2 is 2.20 bits per heavy atom. The van der Waals surface area contributed by atoms with Crippen molar-refractivity contribution in [3.8, 4) is 0 Å². The second-order valence-electron chi connectivity index (χ2n) is 5.26. The third kappa shape index (κ3) is 2.84. The number of pyridine rings is 1. The second kappa shape index (κ2) is 6.55. The van der Waals surface area contributed by atoms with E-state index in [4.69, 9.17) is 5.73 Å². The molecule has 20 heavy (non-hydrogen) atoms. The minimum absolute atomic E-state index is 0.311. The van der Waals surface area contributed by atoms with Crippen LogP contribution in [0.2, 0.25) is 0 Å². The van der Waals surface area contributed by atoms with Crippen molar-refractivity contribution in [3.05, 3.63) is 30.2 Å². The van der Waals surface area contributed by atoms with Crippen LogP contribution in [0.15, 0.2) is 24.5 Å². The molecule has 1 unspecified atom stereocenters. The standard InChI is InChI=1S/C16H23N3O/c1-3-5-6-7-13(4-2)19-14(16(17)20)10-12-8-9-18-11-15(12)19/h8-11,13H,3-7H2,1-2H3,(H2,17,20). The van der Waals surface area contributed by atoms with Gasteiger partial charge in [-0.1, -0.05) is 33.1 Å². The number of aromatic nitrogens is 2. The summed E-state index contributed by atoms with van der Waals surface area (Å²) in [6.45, 7) is 4.36. The molecule has 0 saturated heterocycles. The third-order valence-electron chi connectivity index (χ3n) is 3.87. The molecule has 4 heteroatoms. The van der Waals surface area contributed by atoms with Crippen LogP contribution < -0.4 is 5.73 Å². The lowest BCUT2D eigenvalue weighted by atomic mass is 10.1. The monoisotopic (exact) mass is 273 g/mol. The minimum Gasteiger partial charge on any atom is -0.364 e. The molecule has 0 aromatic carbocycles. The molecule has 0 bridgehead atoms. The van der Waals surface area contributed by atoms with E-state index in [-0.39, 0.29) is 5.91 Å². The molecule has 0 saturated carbocycles. The molecule has 2 heterocycles. The van der Waals surface area contributed by atoms with Gasteiger partial charge in [0.25, 0.3) is 5.91 Å². The van der Waals surface area contributed by atoms with E-state index < -0.39 is 0 Å². The molecule has 1 atom stereocenters. The van der Waals surface area contributed by atoms with Gasteiger partial charge in [0.1, 0.15) is 5.69 Å². The van der Waals surface area contributed by atoms with Gasteiger partial charge >= 0.3 is 0 Å². The Morgan fingerprint density at radius 1 is 1.40 bits per heavy atom. The van der Waals surface area contributed by atoms with Crippen molar-refractivity contribution in [3.63, 3.8) is 0 Å². The first-order chi connectivity index (χ1) is 9.69. The summed E-state index contributed by atoms with van der Waals surface area (Å²) in [5.74, 6) is -0.366. The molecular weight excluding hydrogens is 250 g/mol. The van der Waals surface area contributed by atoms with E-state index >= 15 is 0 Å². The maximum atomic E-state index is 11.7. The highest BCUT2D eigenvalue weighted by atomic mass is 16.1. The van der Waals surface area contributed by atoms with E-state index in [0.29, 0.717) is 11.7 Å². The van der Waals surface area contributed by atoms with Gasteiger partial charge < -0.3 is 10.3 Å². The molecule has 0 aliphatic rings. The molecular formula is C16H23N3O. The van der Waals surface area contributed by atoms with Crippen molar-refractivity contribution < 1.29 is 4.79 Å². The summed E-state index contributed by atoms with van der Waals surface area (Å²) in [7, 11) is 0. The van der Waals surface area contributed by atoms with Gasteiger partial charge in [0.2, 0.25) is 0 Å². The summed E-state index contributed by atoms with van der Waals surface area (Å²) in [4.78, 5) is 15.9. The molecule has 4 nitrogen and oxygen atoms in total. The largest absolute Gasteiger partial charge is 0.364 e. The van der Waals surface area contributed by atoms with Gasteiger partial charge in [0, 0.05) is 17.6 Å². The average molecular weight is 273 g/mol. The highest BCUT2D eigenvalue weighted by molar-refractivity contribution is 5.97. The zero-order valence-corrected chi connectivity index (χ0v) is 12.3. The summed E-state index contributed by atoms with van der Waals surface area (Å²) in [6, 6.07) is 4.12. The molecule has 0 aliphatic carbocycles. The SMILES string of the molecule is CCCCCC(CC)n1c(C(N)=O)cc2ccncc21. The Labute approximate surface area is 120 Å². The number of fused-ring (bicyclic) bond motifs is 1. The van der Waals surface area contributed by atoms with Gasteiger partial charge in [-0.3, -0.25) is 9.78 Å². The molecule has 1 amide bonds. The molecule has 0 spiro atoms. The highest BCUT2D eigenvalue weighted by Crippen LogP contribution is 2.28. The van der Waals surface area contributed by atoms with Crippen LogP contribution >= 0.6 is 0 Å². The lowest BCUT2D eigenvalue weighted by molar-refractivity contribution is 0.0989. The lowest BCUT2D eigenvalue weighted by Crippen LogP contribution is -2.20. The number of nitrogens with two attached hydrogens (primary N) is 1. The third-order valence-corrected chi connectivity index (χ3v) is 3.87. The number of rotatable bonds is 7. The summed E-state index contributed by atoms with van der Waals surface area (Å²) < 4.78 is 2.08. The number of primary amides is 1. The summed E-state index contributed by atoms with van der Waals surface area (Å²) in [5.41, 5.74) is 7.14. The van der Waals surface area contributed by atoms with Crippen molar-refractivity contribution in [1.29, 1.82) is 0 Å². The quantitative estimate of drug-likeness (QED) is 0.782. The van der Waals surface area contributed by atoms with Gasteiger partial charge in [-0.25, -0.2) is 0 Å². The number of unbranched alkanes of at least 4 members (excludes halogenated alkanes) is 2. The molecule has 2 rings (SSSR count). The summed E-state index contributed by atoms with van der Waals surface area (Å²) in [6.07, 6.45) is 9.23. The topological polar surface area (TPSA) is 60.9 Å². The van der Waals surface area contributed by atoms with Gasteiger partial charge in [0.05, 0.1) is 11.7 Å². The van der Waals surface area contributed by atoms with Crippen molar-refractivity contribution >= 4 is 16.8 Å². The molecule has 0 radical (unpaired) electrons. The van der Waals surface area contributed by atoms with Gasteiger partial charge in [-0.2, -0.15) is 0 Å². The molecule has 2 aromatic rings. The zero-order valence-electron chi connectivity index (χ0n) is 12.3. The zero-order chi connectivity index (χ0) is 14.5. The number of hydrogen-bond acceptors (Lipinski definition) is 2. The molecule has 108 valence electrons. The maximum Gasteiger partial charge on any atom is 0.265 e. The molecule has 0 aliphatic heterocycles. The number of nitrogens with zero attached hydrogens (tertiary/aromatic N) is 2. The van der Waals surface area contributed by atoms with Crippen LogP contribution in [0.1, 0.15) is 62.5 Å². The average Bonchev–Trinajstić information content (AvgIpc) is 2.83. The van der Waals surface area contributed by atoms with E-state index in [2.05, 4.69) is 23.4 Å². The van der Waals surface area contributed by atoms with Crippen LogP contribution in [-0.2, 0) is 0 Å². The molecule has 2 aromatic heterocycles. The second-order valence-corrected chi connectivity index (χ2v) is 5.26. The fraction of sp³-hybridized carbons (Fsp3) is 0.500. The predicted octanol–water partition coefficient (Wildman–Crippen LogP) is 3.67. The predicted molar refractivity (Wildman–Crippen MR) is 81.7 cm³/mol. The van der Waals surface area contributed by atoms with E-state index in [0.717, 1.165) is 23.7 Å². The van der Waals surface area contributed by atoms with Crippen molar-refractivity contribution in [2.45, 2.75) is 52.0 Å². The summed E-state index contributed by atoms with van der Waals surface area (Å²) in [5, 5.41) is 1.03. The smallest absolute Gasteiger partial charge is 0.265 e. The minimum atomic E-state index is -0.366. The van der Waals surface area contributed by atoms with Crippen LogP contribution in [0.4, 0.5) is 0 Å².